The van der Waals surface area contributed by atoms with E-state index in [-0.39, 0.29) is 5.52 Å². The van der Waals surface area contributed by atoms with Crippen LogP contribution in [0.15, 0.2) is 77.8 Å². The van der Waals surface area contributed by atoms with Crippen molar-refractivity contribution in [3.05, 3.63) is 89.7 Å². The van der Waals surface area contributed by atoms with Crippen LogP contribution in [0.3, 0.4) is 0 Å². The maximum Gasteiger partial charge on any atom is 0.155 e. The topological polar surface area (TPSA) is 43.1 Å². The number of halogens is 1. The van der Waals surface area contributed by atoms with Gasteiger partial charge in [-0.15, -0.1) is 0 Å². The maximum absolute atomic E-state index is 14.3. The van der Waals surface area contributed by atoms with Crippen molar-refractivity contribution >= 4 is 22.4 Å². The molecule has 3 aromatic carbocycles. The standard InChI is InChI=1S/C20H15FN4/c1-25-23-18-13-16(12-17(21)20(18)24-25)22-19(14-8-4-2-5-9-14)15-10-6-3-7-11-15/h2-13H,1H3. The Balaban J connectivity index is 1.90. The first-order valence-corrected chi connectivity index (χ1v) is 7.91. The minimum atomic E-state index is -0.426. The van der Waals surface area contributed by atoms with Gasteiger partial charge in [-0.05, 0) is 6.07 Å². The van der Waals surface area contributed by atoms with Crippen LogP contribution in [0.5, 0.6) is 0 Å². The van der Waals surface area contributed by atoms with E-state index in [1.165, 1.54) is 10.9 Å². The lowest BCUT2D eigenvalue weighted by molar-refractivity contribution is 0.625. The number of aromatic nitrogens is 3. The van der Waals surface area contributed by atoms with Crippen molar-refractivity contribution in [3.63, 3.8) is 0 Å². The first-order valence-electron chi connectivity index (χ1n) is 7.91. The maximum atomic E-state index is 14.3. The molecule has 0 saturated carbocycles. The number of aliphatic imine (C=N–C) groups is 1. The van der Waals surface area contributed by atoms with Crippen LogP contribution in [0.2, 0.25) is 0 Å². The highest BCUT2D eigenvalue weighted by molar-refractivity contribution is 6.14. The molecule has 0 unspecified atom stereocenters. The molecule has 0 fully saturated rings. The van der Waals surface area contributed by atoms with E-state index < -0.39 is 5.82 Å². The molecule has 0 N–H and O–H groups in total. The Hall–Kier alpha value is -3.34. The third-order valence-electron chi connectivity index (χ3n) is 3.86. The number of nitrogens with zero attached hydrogens (tertiary/aromatic N) is 4. The van der Waals surface area contributed by atoms with Crippen molar-refractivity contribution in [2.45, 2.75) is 0 Å². The molecule has 4 nitrogen and oxygen atoms in total. The number of rotatable bonds is 3. The molecule has 0 amide bonds. The van der Waals surface area contributed by atoms with Crippen LogP contribution in [0, 0.1) is 5.82 Å². The lowest BCUT2D eigenvalue weighted by atomic mass is 10.0. The number of hydrogen-bond donors (Lipinski definition) is 0. The second kappa shape index (κ2) is 6.28. The van der Waals surface area contributed by atoms with Gasteiger partial charge in [-0.25, -0.2) is 9.38 Å². The fraction of sp³-hybridized carbons (Fsp3) is 0.0500. The summed E-state index contributed by atoms with van der Waals surface area (Å²) in [6.45, 7) is 0. The van der Waals surface area contributed by atoms with Gasteiger partial charge in [-0.2, -0.15) is 15.0 Å². The second-order valence-corrected chi connectivity index (χ2v) is 5.68. The van der Waals surface area contributed by atoms with Crippen molar-refractivity contribution in [1.82, 2.24) is 15.0 Å². The average Bonchev–Trinajstić information content (AvgIpc) is 3.02. The Morgan fingerprint density at radius 2 is 1.48 bits per heavy atom. The van der Waals surface area contributed by atoms with Crippen LogP contribution in [0.4, 0.5) is 10.1 Å². The lowest BCUT2D eigenvalue weighted by Crippen LogP contribution is -2.02. The molecule has 0 saturated heterocycles. The van der Waals surface area contributed by atoms with E-state index in [2.05, 4.69) is 10.2 Å². The van der Waals surface area contributed by atoms with Crippen LogP contribution in [0.25, 0.3) is 11.0 Å². The molecule has 4 aromatic rings. The number of benzene rings is 3. The van der Waals surface area contributed by atoms with Gasteiger partial charge in [0.1, 0.15) is 11.0 Å². The molecule has 4 rings (SSSR count). The highest BCUT2D eigenvalue weighted by Gasteiger charge is 2.11. The summed E-state index contributed by atoms with van der Waals surface area (Å²) in [5.41, 5.74) is 3.96. The molecular formula is C20H15FN4. The number of fused-ring (bicyclic) bond motifs is 1. The van der Waals surface area contributed by atoms with Gasteiger partial charge in [-0.3, -0.25) is 0 Å². The predicted molar refractivity (Wildman–Crippen MR) is 96.7 cm³/mol. The van der Waals surface area contributed by atoms with E-state index in [1.54, 1.807) is 13.1 Å². The minimum Gasteiger partial charge on any atom is -0.248 e. The van der Waals surface area contributed by atoms with Crippen molar-refractivity contribution in [3.8, 4) is 0 Å². The van der Waals surface area contributed by atoms with Crippen molar-refractivity contribution in [1.29, 1.82) is 0 Å². The molecule has 0 atom stereocenters. The smallest absolute Gasteiger partial charge is 0.155 e. The Morgan fingerprint density at radius 1 is 0.880 bits per heavy atom. The molecule has 0 spiro atoms. The van der Waals surface area contributed by atoms with Crippen LogP contribution in [-0.4, -0.2) is 20.7 Å². The van der Waals surface area contributed by atoms with Gasteiger partial charge in [-0.1, -0.05) is 60.7 Å². The van der Waals surface area contributed by atoms with E-state index in [0.717, 1.165) is 16.8 Å². The Morgan fingerprint density at radius 3 is 2.08 bits per heavy atom. The Labute approximate surface area is 144 Å². The lowest BCUT2D eigenvalue weighted by Gasteiger charge is -2.07. The van der Waals surface area contributed by atoms with Crippen LogP contribution < -0.4 is 0 Å². The first-order chi connectivity index (χ1) is 12.2. The summed E-state index contributed by atoms with van der Waals surface area (Å²) in [5, 5.41) is 8.22. The van der Waals surface area contributed by atoms with E-state index in [1.807, 2.05) is 60.7 Å². The zero-order valence-electron chi connectivity index (χ0n) is 13.6. The average molecular weight is 330 g/mol. The van der Waals surface area contributed by atoms with Crippen LogP contribution >= 0.6 is 0 Å². The monoisotopic (exact) mass is 330 g/mol. The molecule has 0 aliphatic carbocycles. The van der Waals surface area contributed by atoms with E-state index in [0.29, 0.717) is 11.2 Å². The zero-order chi connectivity index (χ0) is 17.2. The van der Waals surface area contributed by atoms with Gasteiger partial charge in [0.05, 0.1) is 11.4 Å². The van der Waals surface area contributed by atoms with E-state index >= 15 is 0 Å². The molecule has 25 heavy (non-hydrogen) atoms. The van der Waals surface area contributed by atoms with Crippen molar-refractivity contribution in [2.24, 2.45) is 12.0 Å². The third kappa shape index (κ3) is 3.04. The Kier molecular flexibility index (Phi) is 3.82. The van der Waals surface area contributed by atoms with Gasteiger partial charge in [0.15, 0.2) is 5.82 Å². The highest BCUT2D eigenvalue weighted by Crippen LogP contribution is 2.24. The molecular weight excluding hydrogens is 315 g/mol. The van der Waals surface area contributed by atoms with Crippen molar-refractivity contribution in [2.75, 3.05) is 0 Å². The van der Waals surface area contributed by atoms with Crippen LogP contribution in [-0.2, 0) is 7.05 Å². The summed E-state index contributed by atoms with van der Waals surface area (Å²) in [6.07, 6.45) is 0. The molecule has 0 bridgehead atoms. The molecule has 0 radical (unpaired) electrons. The zero-order valence-corrected chi connectivity index (χ0v) is 13.6. The van der Waals surface area contributed by atoms with Gasteiger partial charge >= 0.3 is 0 Å². The summed E-state index contributed by atoms with van der Waals surface area (Å²) in [5.74, 6) is -0.426. The first kappa shape index (κ1) is 15.2. The minimum absolute atomic E-state index is 0.252. The summed E-state index contributed by atoms with van der Waals surface area (Å²) in [6, 6.07) is 22.8. The molecule has 1 aromatic heterocycles. The largest absolute Gasteiger partial charge is 0.248 e. The van der Waals surface area contributed by atoms with E-state index in [9.17, 15) is 4.39 Å². The molecule has 5 heteroatoms. The SMILES string of the molecule is Cn1nc2cc(N=C(c3ccccc3)c3ccccc3)cc(F)c2n1. The fourth-order valence-corrected chi connectivity index (χ4v) is 2.75. The van der Waals surface area contributed by atoms with E-state index in [4.69, 9.17) is 4.99 Å². The highest BCUT2D eigenvalue weighted by atomic mass is 19.1. The third-order valence-corrected chi connectivity index (χ3v) is 3.86. The summed E-state index contributed by atoms with van der Waals surface area (Å²) < 4.78 is 14.3. The van der Waals surface area contributed by atoms with Gasteiger partial charge in [0.25, 0.3) is 0 Å². The molecule has 0 aliphatic heterocycles. The Bertz CT molecular complexity index is 1010. The van der Waals surface area contributed by atoms with Crippen LogP contribution in [0.1, 0.15) is 11.1 Å². The molecule has 1 heterocycles. The molecule has 122 valence electrons. The number of hydrogen-bond acceptors (Lipinski definition) is 3. The van der Waals surface area contributed by atoms with Gasteiger partial charge in [0.2, 0.25) is 0 Å². The summed E-state index contributed by atoms with van der Waals surface area (Å²) in [7, 11) is 1.67. The summed E-state index contributed by atoms with van der Waals surface area (Å²) in [4.78, 5) is 6.08. The predicted octanol–water partition coefficient (Wildman–Crippen LogP) is 4.28. The fourth-order valence-electron chi connectivity index (χ4n) is 2.75. The second-order valence-electron chi connectivity index (χ2n) is 5.68. The van der Waals surface area contributed by atoms with Gasteiger partial charge in [0, 0.05) is 24.2 Å². The molecule has 0 aliphatic rings. The quantitative estimate of drug-likeness (QED) is 0.526. The summed E-state index contributed by atoms with van der Waals surface area (Å²) >= 11 is 0. The normalized spacial score (nSPS) is 10.8. The van der Waals surface area contributed by atoms with Crippen molar-refractivity contribution < 1.29 is 4.39 Å². The number of aryl methyl sites for hydroxylation is 1. The van der Waals surface area contributed by atoms with Gasteiger partial charge < -0.3 is 0 Å².